The molecule has 0 bridgehead atoms. The molecule has 2 heterocycles. The van der Waals surface area contributed by atoms with Crippen molar-refractivity contribution in [1.29, 1.82) is 0 Å². The molecule has 31 heavy (non-hydrogen) atoms. The van der Waals surface area contributed by atoms with Crippen molar-refractivity contribution < 1.29 is 9.59 Å². The first kappa shape index (κ1) is 20.2. The number of anilines is 2. The van der Waals surface area contributed by atoms with E-state index in [1.165, 1.54) is 11.8 Å². The van der Waals surface area contributed by atoms with Gasteiger partial charge in [0.15, 0.2) is 0 Å². The van der Waals surface area contributed by atoms with Gasteiger partial charge in [-0.15, -0.1) is 11.8 Å². The SMILES string of the molecule is Cc1ccc(N2C(=O)[C@H](C)S[C@]23C(=O)N(Cc2ccccc2Cl)c2ccccc23)cc1. The van der Waals surface area contributed by atoms with Gasteiger partial charge in [0.2, 0.25) is 10.8 Å². The number of rotatable bonds is 3. The molecule has 2 amide bonds. The molecule has 1 spiro atoms. The zero-order valence-corrected chi connectivity index (χ0v) is 18.8. The van der Waals surface area contributed by atoms with Gasteiger partial charge in [-0.25, -0.2) is 0 Å². The van der Waals surface area contributed by atoms with Crippen LogP contribution in [0, 0.1) is 6.92 Å². The van der Waals surface area contributed by atoms with Gasteiger partial charge in [-0.3, -0.25) is 14.5 Å². The molecule has 1 fully saturated rings. The summed E-state index contributed by atoms with van der Waals surface area (Å²) in [4.78, 5) is 29.8. The Bertz CT molecular complexity index is 1200. The molecule has 4 nitrogen and oxygen atoms in total. The number of halogens is 1. The van der Waals surface area contributed by atoms with E-state index in [9.17, 15) is 9.59 Å². The molecule has 2 aliphatic heterocycles. The molecule has 156 valence electrons. The number of amides is 2. The number of carbonyl (C=O) groups is 2. The summed E-state index contributed by atoms with van der Waals surface area (Å²) in [6, 6.07) is 23.1. The summed E-state index contributed by atoms with van der Waals surface area (Å²) in [7, 11) is 0. The summed E-state index contributed by atoms with van der Waals surface area (Å²) in [5, 5.41) is 0.284. The van der Waals surface area contributed by atoms with Crippen LogP contribution < -0.4 is 9.80 Å². The van der Waals surface area contributed by atoms with Gasteiger partial charge >= 0.3 is 0 Å². The van der Waals surface area contributed by atoms with Crippen LogP contribution in [0.3, 0.4) is 0 Å². The minimum atomic E-state index is -1.12. The van der Waals surface area contributed by atoms with E-state index in [1.54, 1.807) is 9.80 Å². The third kappa shape index (κ3) is 2.99. The van der Waals surface area contributed by atoms with E-state index >= 15 is 0 Å². The average Bonchev–Trinajstić information content (AvgIpc) is 3.17. The molecule has 0 aliphatic carbocycles. The van der Waals surface area contributed by atoms with E-state index in [0.29, 0.717) is 11.6 Å². The Labute approximate surface area is 190 Å². The van der Waals surface area contributed by atoms with Gasteiger partial charge in [0.25, 0.3) is 5.91 Å². The molecule has 0 aromatic heterocycles. The van der Waals surface area contributed by atoms with Gasteiger partial charge in [0, 0.05) is 16.3 Å². The molecular formula is C25H21ClN2O2S. The van der Waals surface area contributed by atoms with Gasteiger partial charge in [-0.1, -0.05) is 65.7 Å². The topological polar surface area (TPSA) is 40.6 Å². The highest BCUT2D eigenvalue weighted by molar-refractivity contribution is 8.03. The van der Waals surface area contributed by atoms with Crippen LogP contribution in [0.1, 0.15) is 23.6 Å². The number of hydrogen-bond donors (Lipinski definition) is 0. The highest BCUT2D eigenvalue weighted by Crippen LogP contribution is 2.58. The Morgan fingerprint density at radius 3 is 2.39 bits per heavy atom. The van der Waals surface area contributed by atoms with Gasteiger partial charge in [0.05, 0.1) is 17.5 Å². The molecular weight excluding hydrogens is 428 g/mol. The Morgan fingerprint density at radius 2 is 1.65 bits per heavy atom. The van der Waals surface area contributed by atoms with Gasteiger partial charge in [0.1, 0.15) is 0 Å². The number of carbonyl (C=O) groups excluding carboxylic acids is 2. The van der Waals surface area contributed by atoms with Crippen molar-refractivity contribution in [2.45, 2.75) is 30.5 Å². The number of benzene rings is 3. The summed E-state index contributed by atoms with van der Waals surface area (Å²) in [5.74, 6) is -0.173. The highest BCUT2D eigenvalue weighted by atomic mass is 35.5. The van der Waals surface area contributed by atoms with Crippen molar-refractivity contribution in [3.63, 3.8) is 0 Å². The Balaban J connectivity index is 1.67. The highest BCUT2D eigenvalue weighted by Gasteiger charge is 2.63. The normalized spacial score (nSPS) is 22.5. The Hall–Kier alpha value is -2.76. The van der Waals surface area contributed by atoms with E-state index in [0.717, 1.165) is 28.1 Å². The molecule has 2 aliphatic rings. The molecule has 6 heteroatoms. The molecule has 0 saturated carbocycles. The fourth-order valence-corrected chi connectivity index (χ4v) is 6.11. The van der Waals surface area contributed by atoms with Crippen molar-refractivity contribution in [2.75, 3.05) is 9.80 Å². The lowest BCUT2D eigenvalue weighted by atomic mass is 10.0. The molecule has 3 aromatic rings. The largest absolute Gasteiger partial charge is 0.304 e. The number of hydrogen-bond acceptors (Lipinski definition) is 3. The van der Waals surface area contributed by atoms with Crippen LogP contribution in [0.25, 0.3) is 0 Å². The van der Waals surface area contributed by atoms with Gasteiger partial charge in [-0.2, -0.15) is 0 Å². The fraction of sp³-hybridized carbons (Fsp3) is 0.200. The second kappa shape index (κ2) is 7.43. The first-order valence-electron chi connectivity index (χ1n) is 10.2. The summed E-state index contributed by atoms with van der Waals surface area (Å²) in [6.45, 7) is 4.22. The maximum Gasteiger partial charge on any atom is 0.269 e. The Morgan fingerprint density at radius 1 is 0.968 bits per heavy atom. The number of para-hydroxylation sites is 1. The van der Waals surface area contributed by atoms with Crippen molar-refractivity contribution in [1.82, 2.24) is 0 Å². The number of aryl methyl sites for hydroxylation is 1. The molecule has 0 unspecified atom stereocenters. The molecule has 5 rings (SSSR count). The van der Waals surface area contributed by atoms with Crippen LogP contribution in [-0.2, 0) is 21.0 Å². The summed E-state index contributed by atoms with van der Waals surface area (Å²) < 4.78 is 0. The van der Waals surface area contributed by atoms with Crippen molar-refractivity contribution in [3.8, 4) is 0 Å². The minimum Gasteiger partial charge on any atom is -0.304 e. The van der Waals surface area contributed by atoms with E-state index in [4.69, 9.17) is 11.6 Å². The average molecular weight is 449 g/mol. The summed E-state index contributed by atoms with van der Waals surface area (Å²) in [5.41, 5.74) is 4.36. The lowest BCUT2D eigenvalue weighted by Gasteiger charge is -2.33. The molecule has 3 aromatic carbocycles. The monoisotopic (exact) mass is 448 g/mol. The first-order valence-corrected chi connectivity index (χ1v) is 11.4. The molecule has 0 N–H and O–H groups in total. The lowest BCUT2D eigenvalue weighted by Crippen LogP contribution is -2.49. The quantitative estimate of drug-likeness (QED) is 0.530. The van der Waals surface area contributed by atoms with E-state index in [2.05, 4.69) is 0 Å². The van der Waals surface area contributed by atoms with E-state index < -0.39 is 4.87 Å². The van der Waals surface area contributed by atoms with Crippen molar-refractivity contribution in [2.24, 2.45) is 0 Å². The second-order valence-corrected chi connectivity index (χ2v) is 9.85. The van der Waals surface area contributed by atoms with Crippen molar-refractivity contribution >= 4 is 46.6 Å². The minimum absolute atomic E-state index is 0.0587. The van der Waals surface area contributed by atoms with E-state index in [-0.39, 0.29) is 17.1 Å². The maximum absolute atomic E-state index is 14.1. The van der Waals surface area contributed by atoms with Crippen LogP contribution in [0.2, 0.25) is 5.02 Å². The Kier molecular flexibility index (Phi) is 4.83. The van der Waals surface area contributed by atoms with Gasteiger partial charge < -0.3 is 4.90 Å². The van der Waals surface area contributed by atoms with Crippen LogP contribution in [-0.4, -0.2) is 17.1 Å². The van der Waals surface area contributed by atoms with Gasteiger partial charge in [-0.05, 0) is 43.7 Å². The fourth-order valence-electron chi connectivity index (χ4n) is 4.39. The van der Waals surface area contributed by atoms with E-state index in [1.807, 2.05) is 86.6 Å². The standard InChI is InChI=1S/C25H21ClN2O2S/c1-16-11-13-19(14-12-16)28-23(29)17(2)31-25(28)20-8-4-6-10-22(20)27(24(25)30)15-18-7-3-5-9-21(18)26/h3-14,17H,15H2,1-2H3/t17-,25+/m0/s1. The van der Waals surface area contributed by atoms with Crippen LogP contribution in [0.15, 0.2) is 72.8 Å². The zero-order chi connectivity index (χ0) is 21.8. The summed E-state index contributed by atoms with van der Waals surface area (Å²) in [6.07, 6.45) is 0. The number of fused-ring (bicyclic) bond motifs is 2. The third-order valence-corrected chi connectivity index (χ3v) is 7.75. The molecule has 1 saturated heterocycles. The number of thioether (sulfide) groups is 1. The zero-order valence-electron chi connectivity index (χ0n) is 17.2. The number of nitrogens with zero attached hydrogens (tertiary/aromatic N) is 2. The van der Waals surface area contributed by atoms with Crippen LogP contribution in [0.4, 0.5) is 11.4 Å². The lowest BCUT2D eigenvalue weighted by molar-refractivity contribution is -0.124. The molecule has 0 radical (unpaired) electrons. The predicted molar refractivity (Wildman–Crippen MR) is 126 cm³/mol. The van der Waals surface area contributed by atoms with Crippen molar-refractivity contribution in [3.05, 3.63) is 94.5 Å². The first-order chi connectivity index (χ1) is 14.9. The van der Waals surface area contributed by atoms with Crippen LogP contribution in [0.5, 0.6) is 0 Å². The predicted octanol–water partition coefficient (Wildman–Crippen LogP) is 5.52. The second-order valence-electron chi connectivity index (χ2n) is 7.91. The summed E-state index contributed by atoms with van der Waals surface area (Å²) >= 11 is 7.82. The molecule has 2 atom stereocenters. The van der Waals surface area contributed by atoms with Crippen LogP contribution >= 0.6 is 23.4 Å². The maximum atomic E-state index is 14.1. The smallest absolute Gasteiger partial charge is 0.269 e. The third-order valence-electron chi connectivity index (χ3n) is 5.90.